The van der Waals surface area contributed by atoms with Gasteiger partial charge in [0.25, 0.3) is 0 Å². The number of hydrogen-bond acceptors (Lipinski definition) is 7. The molecule has 8 heteroatoms. The molecule has 0 aliphatic rings. The molecule has 0 aliphatic heterocycles. The van der Waals surface area contributed by atoms with Crippen molar-refractivity contribution in [1.29, 1.82) is 0 Å². The first-order valence-corrected chi connectivity index (χ1v) is 7.73. The third-order valence-corrected chi connectivity index (χ3v) is 3.45. The third kappa shape index (κ3) is 5.02. The van der Waals surface area contributed by atoms with Crippen molar-refractivity contribution in [2.75, 3.05) is 25.5 Å². The van der Waals surface area contributed by atoms with Gasteiger partial charge in [-0.05, 0) is 13.0 Å². The van der Waals surface area contributed by atoms with Crippen LogP contribution in [0.1, 0.15) is 36.8 Å². The normalized spacial score (nSPS) is 11.2. The molecule has 2 heterocycles. The average Bonchev–Trinajstić information content (AvgIpc) is 2.95. The zero-order chi connectivity index (χ0) is 17.7. The highest BCUT2D eigenvalue weighted by molar-refractivity contribution is 5.72. The number of carbonyl (C=O) groups is 1. The van der Waals surface area contributed by atoms with Gasteiger partial charge in [-0.25, -0.2) is 9.97 Å². The standard InChI is InChI=1S/C16H23N5O3/c1-11(2)14-5-13(24-19-14)9-20(3)8-12-6-17-16(18-7-12)21(4)10-15(22)23/h5-7,11H,8-10H2,1-4H3,(H,22,23). The van der Waals surface area contributed by atoms with Gasteiger partial charge >= 0.3 is 5.97 Å². The summed E-state index contributed by atoms with van der Waals surface area (Å²) in [5.41, 5.74) is 1.89. The third-order valence-electron chi connectivity index (χ3n) is 3.45. The Morgan fingerprint density at radius 3 is 2.46 bits per heavy atom. The molecule has 2 aromatic heterocycles. The average molecular weight is 333 g/mol. The van der Waals surface area contributed by atoms with Gasteiger partial charge in [0.1, 0.15) is 6.54 Å². The molecule has 0 amide bonds. The Kier molecular flexibility index (Phi) is 5.86. The number of anilines is 1. The number of aromatic nitrogens is 3. The molecule has 2 rings (SSSR count). The van der Waals surface area contributed by atoms with E-state index in [-0.39, 0.29) is 6.54 Å². The van der Waals surface area contributed by atoms with Crippen LogP contribution in [-0.4, -0.2) is 51.7 Å². The van der Waals surface area contributed by atoms with E-state index in [0.717, 1.165) is 17.0 Å². The summed E-state index contributed by atoms with van der Waals surface area (Å²) in [7, 11) is 3.62. The molecular formula is C16H23N5O3. The predicted octanol–water partition coefficient (Wildman–Crippen LogP) is 1.74. The fourth-order valence-electron chi connectivity index (χ4n) is 2.21. The summed E-state index contributed by atoms with van der Waals surface area (Å²) < 4.78 is 5.34. The molecule has 8 nitrogen and oxygen atoms in total. The number of likely N-dealkylation sites (N-methyl/N-ethyl adjacent to an activating group) is 1. The monoisotopic (exact) mass is 333 g/mol. The Bertz CT molecular complexity index is 669. The van der Waals surface area contributed by atoms with Crippen LogP contribution in [-0.2, 0) is 17.9 Å². The zero-order valence-corrected chi connectivity index (χ0v) is 14.4. The van der Waals surface area contributed by atoms with Gasteiger partial charge in [0.2, 0.25) is 5.95 Å². The first-order chi connectivity index (χ1) is 11.3. The molecule has 0 saturated heterocycles. The fraction of sp³-hybridized carbons (Fsp3) is 0.500. The van der Waals surface area contributed by atoms with Gasteiger partial charge in [0.15, 0.2) is 5.76 Å². The first-order valence-electron chi connectivity index (χ1n) is 7.73. The van der Waals surface area contributed by atoms with Crippen LogP contribution in [0.25, 0.3) is 0 Å². The summed E-state index contributed by atoms with van der Waals surface area (Å²) in [4.78, 5) is 22.7. The Morgan fingerprint density at radius 1 is 1.25 bits per heavy atom. The van der Waals surface area contributed by atoms with E-state index in [0.29, 0.717) is 25.0 Å². The Morgan fingerprint density at radius 2 is 1.92 bits per heavy atom. The van der Waals surface area contributed by atoms with Gasteiger partial charge in [0, 0.05) is 37.6 Å². The Labute approximate surface area is 141 Å². The molecule has 0 fully saturated rings. The van der Waals surface area contributed by atoms with Gasteiger partial charge in [-0.3, -0.25) is 9.69 Å². The molecule has 0 unspecified atom stereocenters. The zero-order valence-electron chi connectivity index (χ0n) is 14.4. The molecule has 0 spiro atoms. The molecule has 0 aromatic carbocycles. The van der Waals surface area contributed by atoms with Gasteiger partial charge in [-0.1, -0.05) is 19.0 Å². The second-order valence-corrected chi connectivity index (χ2v) is 6.19. The van der Waals surface area contributed by atoms with E-state index in [9.17, 15) is 4.79 Å². The number of nitrogens with zero attached hydrogens (tertiary/aromatic N) is 5. The molecule has 0 radical (unpaired) electrons. The van der Waals surface area contributed by atoms with Crippen molar-refractivity contribution in [2.24, 2.45) is 0 Å². The maximum absolute atomic E-state index is 10.7. The van der Waals surface area contributed by atoms with Crippen molar-refractivity contribution in [3.05, 3.63) is 35.5 Å². The summed E-state index contributed by atoms with van der Waals surface area (Å²) in [5, 5.41) is 12.8. The largest absolute Gasteiger partial charge is 0.480 e. The predicted molar refractivity (Wildman–Crippen MR) is 88.7 cm³/mol. The lowest BCUT2D eigenvalue weighted by molar-refractivity contribution is -0.135. The van der Waals surface area contributed by atoms with E-state index in [4.69, 9.17) is 9.63 Å². The van der Waals surface area contributed by atoms with Crippen molar-refractivity contribution in [1.82, 2.24) is 20.0 Å². The van der Waals surface area contributed by atoms with Gasteiger partial charge < -0.3 is 14.5 Å². The smallest absolute Gasteiger partial charge is 0.323 e. The van der Waals surface area contributed by atoms with Crippen LogP contribution in [0.4, 0.5) is 5.95 Å². The van der Waals surface area contributed by atoms with Crippen LogP contribution >= 0.6 is 0 Å². The van der Waals surface area contributed by atoms with E-state index in [1.807, 2.05) is 13.1 Å². The van der Waals surface area contributed by atoms with E-state index < -0.39 is 5.97 Å². The number of rotatable bonds is 8. The lowest BCUT2D eigenvalue weighted by Gasteiger charge is -2.16. The summed E-state index contributed by atoms with van der Waals surface area (Å²) >= 11 is 0. The van der Waals surface area contributed by atoms with Crippen LogP contribution in [0.2, 0.25) is 0 Å². The maximum atomic E-state index is 10.7. The number of carboxylic acid groups (broad SMARTS) is 1. The highest BCUT2D eigenvalue weighted by atomic mass is 16.5. The van der Waals surface area contributed by atoms with Crippen LogP contribution < -0.4 is 4.90 Å². The summed E-state index contributed by atoms with van der Waals surface area (Å²) in [5.74, 6) is 0.634. The number of carboxylic acids is 1. The minimum atomic E-state index is -0.919. The van der Waals surface area contributed by atoms with Crippen LogP contribution in [0, 0.1) is 0 Å². The maximum Gasteiger partial charge on any atom is 0.323 e. The Balaban J connectivity index is 1.91. The van der Waals surface area contributed by atoms with E-state index in [2.05, 4.69) is 33.9 Å². The van der Waals surface area contributed by atoms with Crippen molar-refractivity contribution in [3.8, 4) is 0 Å². The van der Waals surface area contributed by atoms with Crippen molar-refractivity contribution < 1.29 is 14.4 Å². The minimum absolute atomic E-state index is 0.136. The van der Waals surface area contributed by atoms with E-state index in [1.165, 1.54) is 4.90 Å². The molecular weight excluding hydrogens is 310 g/mol. The molecule has 0 atom stereocenters. The second-order valence-electron chi connectivity index (χ2n) is 6.19. The topological polar surface area (TPSA) is 95.6 Å². The SMILES string of the molecule is CC(C)c1cc(CN(C)Cc2cnc(N(C)CC(=O)O)nc2)on1. The summed E-state index contributed by atoms with van der Waals surface area (Å²) in [6.07, 6.45) is 3.41. The van der Waals surface area contributed by atoms with Crippen LogP contribution in [0.15, 0.2) is 23.0 Å². The quantitative estimate of drug-likeness (QED) is 0.780. The van der Waals surface area contributed by atoms with Crippen molar-refractivity contribution in [2.45, 2.75) is 32.9 Å². The first kappa shape index (κ1) is 17.9. The molecule has 0 bridgehead atoms. The van der Waals surface area contributed by atoms with E-state index in [1.54, 1.807) is 19.4 Å². The van der Waals surface area contributed by atoms with Gasteiger partial charge in [-0.15, -0.1) is 0 Å². The lowest BCUT2D eigenvalue weighted by atomic mass is 10.1. The van der Waals surface area contributed by atoms with Gasteiger partial charge in [-0.2, -0.15) is 0 Å². The molecule has 0 aliphatic carbocycles. The summed E-state index contributed by atoms with van der Waals surface area (Å²) in [6, 6.07) is 1.97. The highest BCUT2D eigenvalue weighted by Gasteiger charge is 2.11. The molecule has 2 aromatic rings. The Hall–Kier alpha value is -2.48. The molecule has 1 N–H and O–H groups in total. The molecule has 130 valence electrons. The van der Waals surface area contributed by atoms with Crippen LogP contribution in [0.3, 0.4) is 0 Å². The number of hydrogen-bond donors (Lipinski definition) is 1. The number of aliphatic carboxylic acids is 1. The molecule has 24 heavy (non-hydrogen) atoms. The van der Waals surface area contributed by atoms with Crippen molar-refractivity contribution in [3.63, 3.8) is 0 Å². The minimum Gasteiger partial charge on any atom is -0.480 e. The second kappa shape index (κ2) is 7.87. The van der Waals surface area contributed by atoms with Gasteiger partial charge in [0.05, 0.1) is 12.2 Å². The summed E-state index contributed by atoms with van der Waals surface area (Å²) in [6.45, 7) is 5.31. The highest BCUT2D eigenvalue weighted by Crippen LogP contribution is 2.16. The lowest BCUT2D eigenvalue weighted by Crippen LogP contribution is -2.27. The van der Waals surface area contributed by atoms with Crippen molar-refractivity contribution >= 4 is 11.9 Å². The van der Waals surface area contributed by atoms with Crippen LogP contribution in [0.5, 0.6) is 0 Å². The fourth-order valence-corrected chi connectivity index (χ4v) is 2.21. The molecule has 0 saturated carbocycles. The van der Waals surface area contributed by atoms with E-state index >= 15 is 0 Å².